The molecule has 0 spiro atoms. The van der Waals surface area contributed by atoms with E-state index in [2.05, 4.69) is 10.1 Å². The highest BCUT2D eigenvalue weighted by atomic mass is 16.1. The standard InChI is InChI=1S/C15H15N5O/c1-2-13(21)12-7-11(9-3-5-10(16)6-4-9)14-15(17)18-8-19-20(12)14/h3-8H,2,16H2,1H3,(H2,17,18,19). The van der Waals surface area contributed by atoms with Crippen molar-refractivity contribution < 1.29 is 4.79 Å². The molecule has 21 heavy (non-hydrogen) atoms. The van der Waals surface area contributed by atoms with Crippen molar-refractivity contribution in [2.45, 2.75) is 13.3 Å². The number of aromatic nitrogens is 3. The lowest BCUT2D eigenvalue weighted by Crippen LogP contribution is -2.06. The van der Waals surface area contributed by atoms with Gasteiger partial charge in [-0.1, -0.05) is 19.1 Å². The molecule has 3 aromatic rings. The summed E-state index contributed by atoms with van der Waals surface area (Å²) in [6, 6.07) is 9.19. The Morgan fingerprint density at radius 3 is 2.62 bits per heavy atom. The third-order valence-electron chi connectivity index (χ3n) is 3.41. The first kappa shape index (κ1) is 13.1. The van der Waals surface area contributed by atoms with Crippen LogP contribution in [-0.4, -0.2) is 20.4 Å². The van der Waals surface area contributed by atoms with Crippen molar-refractivity contribution in [3.8, 4) is 11.1 Å². The topological polar surface area (TPSA) is 99.3 Å². The van der Waals surface area contributed by atoms with Crippen molar-refractivity contribution in [1.82, 2.24) is 14.6 Å². The molecule has 3 rings (SSSR count). The number of Topliss-reactive ketones (excluding diaryl/α,β-unsaturated/α-hetero) is 1. The molecule has 0 unspecified atom stereocenters. The summed E-state index contributed by atoms with van der Waals surface area (Å²) in [5, 5.41) is 4.15. The predicted molar refractivity (Wildman–Crippen MR) is 81.9 cm³/mol. The first-order valence-electron chi connectivity index (χ1n) is 6.63. The van der Waals surface area contributed by atoms with Crippen LogP contribution in [0.1, 0.15) is 23.8 Å². The van der Waals surface area contributed by atoms with Crippen molar-refractivity contribution in [2.75, 3.05) is 11.5 Å². The van der Waals surface area contributed by atoms with Gasteiger partial charge in [-0.3, -0.25) is 4.79 Å². The quantitative estimate of drug-likeness (QED) is 0.566. The van der Waals surface area contributed by atoms with Crippen molar-refractivity contribution in [1.29, 1.82) is 0 Å². The van der Waals surface area contributed by atoms with Crippen LogP contribution in [0.3, 0.4) is 0 Å². The van der Waals surface area contributed by atoms with Crippen molar-refractivity contribution in [3.05, 3.63) is 42.4 Å². The molecule has 0 aliphatic heterocycles. The number of hydrogen-bond donors (Lipinski definition) is 2. The van der Waals surface area contributed by atoms with E-state index in [1.807, 2.05) is 19.1 Å². The van der Waals surface area contributed by atoms with Crippen LogP contribution >= 0.6 is 0 Å². The third kappa shape index (κ3) is 2.10. The summed E-state index contributed by atoms with van der Waals surface area (Å²) >= 11 is 0. The Labute approximate surface area is 121 Å². The zero-order valence-electron chi connectivity index (χ0n) is 11.6. The Hall–Kier alpha value is -2.89. The summed E-state index contributed by atoms with van der Waals surface area (Å²) in [5.74, 6) is 0.344. The fourth-order valence-corrected chi connectivity index (χ4v) is 2.33. The van der Waals surface area contributed by atoms with Crippen molar-refractivity contribution >= 4 is 22.8 Å². The molecule has 106 valence electrons. The summed E-state index contributed by atoms with van der Waals surface area (Å²) in [7, 11) is 0. The summed E-state index contributed by atoms with van der Waals surface area (Å²) in [6.07, 6.45) is 1.75. The van der Waals surface area contributed by atoms with Gasteiger partial charge < -0.3 is 11.5 Å². The highest BCUT2D eigenvalue weighted by Crippen LogP contribution is 2.31. The fraction of sp³-hybridized carbons (Fsp3) is 0.133. The molecule has 0 radical (unpaired) electrons. The number of nitrogens with zero attached hydrogens (tertiary/aromatic N) is 3. The maximum absolute atomic E-state index is 12.1. The van der Waals surface area contributed by atoms with Crippen LogP contribution in [-0.2, 0) is 0 Å². The average molecular weight is 281 g/mol. The van der Waals surface area contributed by atoms with E-state index in [0.29, 0.717) is 29.1 Å². The zero-order valence-corrected chi connectivity index (χ0v) is 11.6. The molecule has 0 fully saturated rings. The van der Waals surface area contributed by atoms with E-state index >= 15 is 0 Å². The van der Waals surface area contributed by atoms with Gasteiger partial charge >= 0.3 is 0 Å². The van der Waals surface area contributed by atoms with E-state index in [0.717, 1.165) is 11.1 Å². The molecule has 6 heteroatoms. The molecule has 0 aliphatic carbocycles. The van der Waals surface area contributed by atoms with E-state index in [4.69, 9.17) is 11.5 Å². The molecule has 2 aromatic heterocycles. The number of hydrogen-bond acceptors (Lipinski definition) is 5. The largest absolute Gasteiger partial charge is 0.399 e. The second-order valence-electron chi connectivity index (χ2n) is 4.75. The van der Waals surface area contributed by atoms with Gasteiger partial charge in [0.15, 0.2) is 11.6 Å². The van der Waals surface area contributed by atoms with Gasteiger partial charge in [-0.05, 0) is 23.8 Å². The predicted octanol–water partition coefficient (Wildman–Crippen LogP) is 2.15. The minimum Gasteiger partial charge on any atom is -0.399 e. The first-order chi connectivity index (χ1) is 10.1. The van der Waals surface area contributed by atoms with E-state index in [9.17, 15) is 4.79 Å². The number of nitrogen functional groups attached to an aromatic ring is 2. The Kier molecular flexibility index (Phi) is 3.06. The van der Waals surface area contributed by atoms with E-state index in [1.54, 1.807) is 22.7 Å². The van der Waals surface area contributed by atoms with Crippen LogP contribution in [0.5, 0.6) is 0 Å². The highest BCUT2D eigenvalue weighted by Gasteiger charge is 2.18. The minimum absolute atomic E-state index is 0.00444. The lowest BCUT2D eigenvalue weighted by atomic mass is 10.1. The number of rotatable bonds is 3. The van der Waals surface area contributed by atoms with Gasteiger partial charge in [0.25, 0.3) is 0 Å². The van der Waals surface area contributed by atoms with E-state index < -0.39 is 0 Å². The lowest BCUT2D eigenvalue weighted by Gasteiger charge is -2.03. The monoisotopic (exact) mass is 281 g/mol. The Balaban J connectivity index is 2.32. The normalized spacial score (nSPS) is 10.9. The van der Waals surface area contributed by atoms with Gasteiger partial charge in [0.1, 0.15) is 17.5 Å². The summed E-state index contributed by atoms with van der Waals surface area (Å²) in [5.41, 5.74) is 15.2. The van der Waals surface area contributed by atoms with Crippen molar-refractivity contribution in [2.24, 2.45) is 0 Å². The van der Waals surface area contributed by atoms with Gasteiger partial charge in [-0.15, -0.1) is 0 Å². The molecule has 0 atom stereocenters. The number of carbonyl (C=O) groups excluding carboxylic acids is 1. The Morgan fingerprint density at radius 2 is 1.95 bits per heavy atom. The van der Waals surface area contributed by atoms with Crippen LogP contribution in [0.4, 0.5) is 11.5 Å². The van der Waals surface area contributed by atoms with Gasteiger partial charge in [0.05, 0.1) is 0 Å². The molecule has 0 amide bonds. The minimum atomic E-state index is 0.00444. The second-order valence-corrected chi connectivity index (χ2v) is 4.75. The van der Waals surface area contributed by atoms with E-state index in [1.165, 1.54) is 6.33 Å². The number of carbonyl (C=O) groups is 1. The summed E-state index contributed by atoms with van der Waals surface area (Å²) < 4.78 is 1.56. The van der Waals surface area contributed by atoms with Crippen LogP contribution in [0.15, 0.2) is 36.7 Å². The Morgan fingerprint density at radius 1 is 1.24 bits per heavy atom. The smallest absolute Gasteiger partial charge is 0.181 e. The van der Waals surface area contributed by atoms with Gasteiger partial charge in [-0.25, -0.2) is 9.50 Å². The molecule has 6 nitrogen and oxygen atoms in total. The van der Waals surface area contributed by atoms with Crippen LogP contribution in [0.2, 0.25) is 0 Å². The number of benzene rings is 1. The second kappa shape index (κ2) is 4.90. The molecule has 0 saturated carbocycles. The molecule has 0 aliphatic rings. The molecular formula is C15H15N5O. The SMILES string of the molecule is CCC(=O)c1cc(-c2ccc(N)cc2)c2c(N)ncnn12. The third-order valence-corrected chi connectivity index (χ3v) is 3.41. The summed E-state index contributed by atoms with van der Waals surface area (Å²) in [6.45, 7) is 1.81. The Bertz CT molecular complexity index is 820. The van der Waals surface area contributed by atoms with Crippen molar-refractivity contribution in [3.63, 3.8) is 0 Å². The number of fused-ring (bicyclic) bond motifs is 1. The van der Waals surface area contributed by atoms with Crippen LogP contribution in [0.25, 0.3) is 16.6 Å². The lowest BCUT2D eigenvalue weighted by molar-refractivity contribution is 0.0981. The van der Waals surface area contributed by atoms with Crippen LogP contribution in [0, 0.1) is 0 Å². The maximum Gasteiger partial charge on any atom is 0.181 e. The van der Waals surface area contributed by atoms with E-state index in [-0.39, 0.29) is 5.78 Å². The first-order valence-corrected chi connectivity index (χ1v) is 6.63. The number of anilines is 2. The summed E-state index contributed by atoms with van der Waals surface area (Å²) in [4.78, 5) is 16.1. The zero-order chi connectivity index (χ0) is 15.0. The van der Waals surface area contributed by atoms with Crippen LogP contribution < -0.4 is 11.5 Å². The molecule has 4 N–H and O–H groups in total. The maximum atomic E-state index is 12.1. The highest BCUT2D eigenvalue weighted by molar-refractivity contribution is 6.00. The number of nitrogens with two attached hydrogens (primary N) is 2. The van der Waals surface area contributed by atoms with Gasteiger partial charge in [-0.2, -0.15) is 5.10 Å². The molecular weight excluding hydrogens is 266 g/mol. The number of ketones is 1. The van der Waals surface area contributed by atoms with Gasteiger partial charge in [0.2, 0.25) is 0 Å². The fourth-order valence-electron chi connectivity index (χ4n) is 2.33. The molecule has 0 bridgehead atoms. The molecule has 0 saturated heterocycles. The average Bonchev–Trinajstić information content (AvgIpc) is 2.88. The molecule has 2 heterocycles. The molecule has 1 aromatic carbocycles. The van der Waals surface area contributed by atoms with Gasteiger partial charge in [0, 0.05) is 17.7 Å².